The zero-order valence-electron chi connectivity index (χ0n) is 9.74. The van der Waals surface area contributed by atoms with E-state index < -0.39 is 46.2 Å². The number of phosphoric acid groups is 1. The van der Waals surface area contributed by atoms with Crippen LogP contribution in [-0.4, -0.2) is 66.3 Å². The molecule has 0 bridgehead atoms. The molecule has 4 N–H and O–H groups in total. The van der Waals surface area contributed by atoms with E-state index in [0.717, 1.165) is 7.57 Å². The van der Waals surface area contributed by atoms with Crippen LogP contribution in [0.4, 0.5) is 0 Å². The Hall–Kier alpha value is 0.310. The lowest BCUT2D eigenvalue weighted by molar-refractivity contribution is -0.00368. The van der Waals surface area contributed by atoms with Gasteiger partial charge in [0.1, 0.15) is 26.2 Å². The Morgan fingerprint density at radius 2 is 1.78 bits per heavy atom. The van der Waals surface area contributed by atoms with Gasteiger partial charge in [-0.25, -0.2) is 8.88 Å². The SMILES string of the molecule is B[C@@H]1O[C@H](COP(B)(=O)OP(=O)(O)O)[C@@H](O)[C@H]1O. The number of ether oxygens (including phenoxy) is 1. The van der Waals surface area contributed by atoms with Crippen molar-refractivity contribution in [3.05, 3.63) is 0 Å². The van der Waals surface area contributed by atoms with Crippen molar-refractivity contribution in [1.29, 1.82) is 0 Å². The van der Waals surface area contributed by atoms with Crippen molar-refractivity contribution in [2.45, 2.75) is 24.3 Å². The van der Waals surface area contributed by atoms with E-state index in [4.69, 9.17) is 19.0 Å². The van der Waals surface area contributed by atoms with Gasteiger partial charge in [0.15, 0.2) is 0 Å². The number of aliphatic hydroxyl groups excluding tert-OH is 2. The molecule has 104 valence electrons. The molecule has 0 amide bonds. The molecule has 0 aromatic rings. The summed E-state index contributed by atoms with van der Waals surface area (Å²) >= 11 is 0. The minimum atomic E-state index is -4.93. The second-order valence-corrected chi connectivity index (χ2v) is 7.44. The molecule has 1 unspecified atom stereocenters. The van der Waals surface area contributed by atoms with Crippen LogP contribution in [0.3, 0.4) is 0 Å². The monoisotopic (exact) mass is 302 g/mol. The summed E-state index contributed by atoms with van der Waals surface area (Å²) < 4.78 is 35.8. The fourth-order valence-corrected chi connectivity index (χ4v) is 3.65. The molecule has 1 heterocycles. The van der Waals surface area contributed by atoms with Gasteiger partial charge in [0, 0.05) is 0 Å². The summed E-state index contributed by atoms with van der Waals surface area (Å²) in [6, 6.07) is -0.618. The van der Waals surface area contributed by atoms with Crippen LogP contribution in [0, 0.1) is 0 Å². The van der Waals surface area contributed by atoms with Crippen LogP contribution in [0.25, 0.3) is 0 Å². The van der Waals surface area contributed by atoms with Gasteiger partial charge in [-0.2, -0.15) is 0 Å². The summed E-state index contributed by atoms with van der Waals surface area (Å²) in [5, 5.41) is 18.9. The third-order valence-corrected chi connectivity index (χ3v) is 4.98. The van der Waals surface area contributed by atoms with E-state index in [1.807, 2.05) is 0 Å². The summed E-state index contributed by atoms with van der Waals surface area (Å²) in [4.78, 5) is 17.0. The Balaban J connectivity index is 2.51. The highest BCUT2D eigenvalue weighted by molar-refractivity contribution is 7.83. The highest BCUT2D eigenvalue weighted by atomic mass is 31.3. The van der Waals surface area contributed by atoms with E-state index >= 15 is 0 Å². The standard InChI is InChI=1S/C5H14B2O9P2/c6-5-4(9)3(8)2(15-5)1-14-17(7,10)16-18(11,12)13/h2-5,8-9H,1,6-7H2,(H2,11,12,13)/t2-,3-,4-,5-,17?/m1/s1. The highest BCUT2D eigenvalue weighted by Crippen LogP contribution is 2.57. The lowest BCUT2D eigenvalue weighted by Gasteiger charge is -2.19. The second kappa shape index (κ2) is 5.75. The molecule has 0 saturated carbocycles. The third-order valence-electron chi connectivity index (χ3n) is 2.33. The normalized spacial score (nSPS) is 36.4. The van der Waals surface area contributed by atoms with Crippen molar-refractivity contribution in [2.24, 2.45) is 0 Å². The average molecular weight is 302 g/mol. The van der Waals surface area contributed by atoms with Crippen LogP contribution in [0.1, 0.15) is 0 Å². The van der Waals surface area contributed by atoms with Gasteiger partial charge in [-0.15, -0.1) is 0 Å². The maximum absolute atomic E-state index is 11.5. The summed E-state index contributed by atoms with van der Waals surface area (Å²) in [5.41, 5.74) is 0. The van der Waals surface area contributed by atoms with Crippen molar-refractivity contribution in [1.82, 2.24) is 0 Å². The van der Waals surface area contributed by atoms with E-state index in [2.05, 4.69) is 4.31 Å². The molecule has 0 aromatic carbocycles. The molecule has 13 heteroatoms. The van der Waals surface area contributed by atoms with Crippen LogP contribution < -0.4 is 0 Å². The molecule has 1 aliphatic heterocycles. The zero-order valence-corrected chi connectivity index (χ0v) is 11.5. The third kappa shape index (κ3) is 4.77. The summed E-state index contributed by atoms with van der Waals surface area (Å²) in [6.45, 7) is -0.420. The summed E-state index contributed by atoms with van der Waals surface area (Å²) in [5.74, 6) is 0. The first-order valence-corrected chi connectivity index (χ1v) is 8.54. The Labute approximate surface area is 105 Å². The molecule has 0 spiro atoms. The van der Waals surface area contributed by atoms with Crippen molar-refractivity contribution >= 4 is 30.7 Å². The van der Waals surface area contributed by atoms with Crippen LogP contribution in [0.2, 0.25) is 0 Å². The van der Waals surface area contributed by atoms with Gasteiger partial charge < -0.3 is 29.3 Å². The predicted octanol–water partition coefficient (Wildman–Crippen LogP) is -3.07. The topological polar surface area (TPSA) is 143 Å². The van der Waals surface area contributed by atoms with Crippen molar-refractivity contribution in [2.75, 3.05) is 6.61 Å². The molecule has 1 saturated heterocycles. The van der Waals surface area contributed by atoms with Gasteiger partial charge in [-0.05, 0) is 0 Å². The molecule has 0 aromatic heterocycles. The Kier molecular flexibility index (Phi) is 5.22. The van der Waals surface area contributed by atoms with Crippen molar-refractivity contribution in [3.8, 4) is 0 Å². The predicted molar refractivity (Wildman–Crippen MR) is 64.5 cm³/mol. The first-order valence-electron chi connectivity index (χ1n) is 5.02. The van der Waals surface area contributed by atoms with Gasteiger partial charge in [0.2, 0.25) is 0 Å². The maximum Gasteiger partial charge on any atom is 0.476 e. The van der Waals surface area contributed by atoms with Gasteiger partial charge in [0.25, 0.3) is 15.0 Å². The van der Waals surface area contributed by atoms with Gasteiger partial charge in [-0.1, -0.05) is 0 Å². The molecule has 0 aliphatic carbocycles. The number of hydrogen-bond acceptors (Lipinski definition) is 7. The average Bonchev–Trinajstić information content (AvgIpc) is 2.39. The van der Waals surface area contributed by atoms with Gasteiger partial charge in [-0.3, -0.25) is 4.57 Å². The summed E-state index contributed by atoms with van der Waals surface area (Å²) in [6.07, 6.45) is -3.27. The van der Waals surface area contributed by atoms with Crippen LogP contribution in [0.15, 0.2) is 0 Å². The zero-order chi connectivity index (χ0) is 14.1. The largest absolute Gasteiger partial charge is 0.476 e. The first kappa shape index (κ1) is 16.4. The molecular formula is C5H14B2O9P2. The molecule has 5 atom stereocenters. The Morgan fingerprint density at radius 1 is 1.22 bits per heavy atom. The van der Waals surface area contributed by atoms with Crippen LogP contribution >= 0.6 is 15.3 Å². The lowest BCUT2D eigenvalue weighted by Crippen LogP contribution is -2.34. The highest BCUT2D eigenvalue weighted by Gasteiger charge is 2.41. The number of hydrogen-bond donors (Lipinski definition) is 4. The van der Waals surface area contributed by atoms with E-state index in [-0.39, 0.29) is 0 Å². The minimum Gasteiger partial charge on any atom is -0.388 e. The molecule has 9 nitrogen and oxygen atoms in total. The number of aliphatic hydroxyl groups is 2. The maximum atomic E-state index is 11.5. The van der Waals surface area contributed by atoms with E-state index in [1.165, 1.54) is 7.85 Å². The summed E-state index contributed by atoms with van der Waals surface area (Å²) in [7, 11) is -6.48. The van der Waals surface area contributed by atoms with Gasteiger partial charge in [0.05, 0.1) is 12.6 Å². The second-order valence-electron chi connectivity index (χ2n) is 4.00. The van der Waals surface area contributed by atoms with Crippen molar-refractivity contribution < 1.29 is 42.7 Å². The van der Waals surface area contributed by atoms with E-state index in [9.17, 15) is 19.3 Å². The van der Waals surface area contributed by atoms with E-state index in [0.29, 0.717) is 0 Å². The first-order chi connectivity index (χ1) is 8.02. The van der Waals surface area contributed by atoms with Crippen LogP contribution in [0.5, 0.6) is 0 Å². The Morgan fingerprint density at radius 3 is 2.17 bits per heavy atom. The van der Waals surface area contributed by atoms with Gasteiger partial charge >= 0.3 is 7.82 Å². The lowest BCUT2D eigenvalue weighted by atomic mass is 9.93. The fraction of sp³-hybridized carbons (Fsp3) is 1.00. The molecule has 1 aliphatic rings. The molecule has 1 rings (SSSR count). The smallest absolute Gasteiger partial charge is 0.388 e. The quantitative estimate of drug-likeness (QED) is 0.307. The number of rotatable bonds is 5. The van der Waals surface area contributed by atoms with Crippen molar-refractivity contribution in [3.63, 3.8) is 0 Å². The fourth-order valence-electron chi connectivity index (χ4n) is 1.50. The molecule has 18 heavy (non-hydrogen) atoms. The Bertz CT molecular complexity index is 385. The molecule has 0 radical (unpaired) electrons. The minimum absolute atomic E-state index is 0.420. The molecule has 1 fully saturated rings. The van der Waals surface area contributed by atoms with Crippen LogP contribution in [-0.2, 0) is 22.7 Å². The van der Waals surface area contributed by atoms with E-state index in [1.54, 1.807) is 0 Å². The molecular weight excluding hydrogens is 288 g/mol.